The van der Waals surface area contributed by atoms with Crippen LogP contribution in [-0.2, 0) is 27.8 Å². The van der Waals surface area contributed by atoms with E-state index in [2.05, 4.69) is 10.4 Å². The largest absolute Gasteiger partial charge is 0.464 e. The van der Waals surface area contributed by atoms with Crippen LogP contribution < -0.4 is 5.32 Å². The molecule has 0 bridgehead atoms. The molecule has 0 unspecified atom stereocenters. The van der Waals surface area contributed by atoms with E-state index in [9.17, 15) is 22.2 Å². The van der Waals surface area contributed by atoms with Crippen LogP contribution in [0.15, 0.2) is 12.1 Å². The molecule has 1 aromatic carbocycles. The quantitative estimate of drug-likeness (QED) is 0.534. The summed E-state index contributed by atoms with van der Waals surface area (Å²) in [4.78, 5) is 11.9. The average Bonchev–Trinajstić information content (AvgIpc) is 2.86. The summed E-state index contributed by atoms with van der Waals surface area (Å²) in [6.07, 6.45) is -4.62. The van der Waals surface area contributed by atoms with Crippen molar-refractivity contribution in [3.05, 3.63) is 39.0 Å². The molecular formula is C15H13Cl2F3N3O2S+. The van der Waals surface area contributed by atoms with E-state index >= 15 is 0 Å². The molecule has 0 saturated carbocycles. The van der Waals surface area contributed by atoms with Gasteiger partial charge in [-0.05, 0) is 19.1 Å². The Labute approximate surface area is 161 Å². The Morgan fingerprint density at radius 1 is 1.31 bits per heavy atom. The third-order valence-electron chi connectivity index (χ3n) is 3.42. The van der Waals surface area contributed by atoms with Gasteiger partial charge in [0.25, 0.3) is 5.75 Å². The predicted molar refractivity (Wildman–Crippen MR) is 94.5 cm³/mol. The number of aromatic nitrogens is 2. The zero-order valence-electron chi connectivity index (χ0n) is 13.6. The van der Waals surface area contributed by atoms with Crippen molar-refractivity contribution in [3.63, 3.8) is 0 Å². The van der Waals surface area contributed by atoms with Gasteiger partial charge in [0.15, 0.2) is 5.78 Å². The number of carbonyl (C=O) groups is 1. The summed E-state index contributed by atoms with van der Waals surface area (Å²) in [6, 6.07) is 1.46. The SMILES string of the molecule is CCNc1c(C[S+]=O)c(C(C)=O)nn1-c1c(Cl)cc(C(F)(F)F)cc1Cl. The second-order valence-corrected chi connectivity index (χ2v) is 6.56. The van der Waals surface area contributed by atoms with Gasteiger partial charge < -0.3 is 5.32 Å². The molecule has 1 N–H and O–H groups in total. The fourth-order valence-electron chi connectivity index (χ4n) is 2.37. The number of carbonyl (C=O) groups excluding carboxylic acids is 1. The van der Waals surface area contributed by atoms with Crippen LogP contribution in [-0.4, -0.2) is 22.1 Å². The molecular weight excluding hydrogens is 414 g/mol. The van der Waals surface area contributed by atoms with Crippen molar-refractivity contribution < 1.29 is 22.2 Å². The Kier molecular flexibility index (Phi) is 6.25. The third-order valence-corrected chi connectivity index (χ3v) is 4.40. The van der Waals surface area contributed by atoms with E-state index in [0.717, 1.165) is 16.8 Å². The van der Waals surface area contributed by atoms with E-state index in [1.165, 1.54) is 6.92 Å². The number of benzene rings is 1. The van der Waals surface area contributed by atoms with Crippen LogP contribution in [0.25, 0.3) is 5.69 Å². The van der Waals surface area contributed by atoms with Crippen molar-refractivity contribution in [2.24, 2.45) is 0 Å². The molecule has 5 nitrogen and oxygen atoms in total. The molecule has 0 aliphatic carbocycles. The smallest absolute Gasteiger partial charge is 0.370 e. The van der Waals surface area contributed by atoms with Crippen molar-refractivity contribution in [1.29, 1.82) is 0 Å². The molecule has 0 radical (unpaired) electrons. The Balaban J connectivity index is 2.77. The fourth-order valence-corrected chi connectivity index (χ4v) is 3.41. The van der Waals surface area contributed by atoms with Gasteiger partial charge in [-0.15, -0.1) is 0 Å². The average molecular weight is 427 g/mol. The van der Waals surface area contributed by atoms with Crippen molar-refractivity contribution in [3.8, 4) is 5.69 Å². The van der Waals surface area contributed by atoms with E-state index in [1.54, 1.807) is 6.92 Å². The summed E-state index contributed by atoms with van der Waals surface area (Å²) >= 11 is 12.3. The molecule has 0 saturated heterocycles. The van der Waals surface area contributed by atoms with Crippen molar-refractivity contribution in [2.45, 2.75) is 25.8 Å². The monoisotopic (exact) mass is 426 g/mol. The number of alkyl halides is 3. The van der Waals surface area contributed by atoms with Crippen LogP contribution in [0, 0.1) is 0 Å². The first-order valence-electron chi connectivity index (χ1n) is 7.29. The number of Topliss-reactive ketones (excluding diaryl/α,β-unsaturated/α-hetero) is 1. The molecule has 2 rings (SSSR count). The normalized spacial score (nSPS) is 11.5. The lowest BCUT2D eigenvalue weighted by Gasteiger charge is -2.15. The first-order chi connectivity index (χ1) is 12.1. The Morgan fingerprint density at radius 2 is 1.88 bits per heavy atom. The van der Waals surface area contributed by atoms with Crippen LogP contribution >= 0.6 is 23.2 Å². The maximum atomic E-state index is 12.9. The highest BCUT2D eigenvalue weighted by Gasteiger charge is 2.33. The van der Waals surface area contributed by atoms with E-state index < -0.39 is 17.5 Å². The van der Waals surface area contributed by atoms with Crippen LogP contribution in [0.2, 0.25) is 10.0 Å². The molecule has 0 aliphatic heterocycles. The molecule has 1 heterocycles. The Hall–Kier alpha value is -1.71. The summed E-state index contributed by atoms with van der Waals surface area (Å²) < 4.78 is 51.0. The van der Waals surface area contributed by atoms with Crippen LogP contribution in [0.5, 0.6) is 0 Å². The lowest BCUT2D eigenvalue weighted by Crippen LogP contribution is -2.10. The number of ketones is 1. The molecule has 11 heteroatoms. The van der Waals surface area contributed by atoms with E-state index in [-0.39, 0.29) is 44.7 Å². The van der Waals surface area contributed by atoms with Gasteiger partial charge in [0.2, 0.25) is 0 Å². The number of nitrogens with zero attached hydrogens (tertiary/aromatic N) is 2. The van der Waals surface area contributed by atoms with Crippen molar-refractivity contribution in [2.75, 3.05) is 11.9 Å². The minimum atomic E-state index is -4.62. The van der Waals surface area contributed by atoms with Gasteiger partial charge in [-0.3, -0.25) is 4.79 Å². The maximum Gasteiger partial charge on any atom is 0.464 e. The summed E-state index contributed by atoms with van der Waals surface area (Å²) in [7, 11) is 0. The van der Waals surface area contributed by atoms with Gasteiger partial charge in [-0.2, -0.15) is 18.3 Å². The van der Waals surface area contributed by atoms with E-state index in [1.807, 2.05) is 0 Å². The first-order valence-corrected chi connectivity index (χ1v) is 8.96. The summed E-state index contributed by atoms with van der Waals surface area (Å²) in [5, 5.41) is 6.51. The minimum Gasteiger partial charge on any atom is -0.370 e. The Morgan fingerprint density at radius 3 is 2.31 bits per heavy atom. The molecule has 0 amide bonds. The number of hydrogen-bond donors (Lipinski definition) is 1. The minimum absolute atomic E-state index is 0.0121. The third kappa shape index (κ3) is 3.99. The van der Waals surface area contributed by atoms with Crippen molar-refractivity contribution >= 4 is 46.5 Å². The number of hydrogen-bond acceptors (Lipinski definition) is 4. The summed E-state index contributed by atoms with van der Waals surface area (Å²) in [5.74, 6) is -0.177. The van der Waals surface area contributed by atoms with Crippen LogP contribution in [0.3, 0.4) is 0 Å². The highest BCUT2D eigenvalue weighted by atomic mass is 35.5. The molecule has 0 spiro atoms. The highest BCUT2D eigenvalue weighted by Crippen LogP contribution is 2.39. The number of anilines is 1. The van der Waals surface area contributed by atoms with Crippen molar-refractivity contribution in [1.82, 2.24) is 9.78 Å². The molecule has 140 valence electrons. The highest BCUT2D eigenvalue weighted by molar-refractivity contribution is 7.64. The molecule has 26 heavy (non-hydrogen) atoms. The zero-order chi connectivity index (χ0) is 19.6. The number of rotatable bonds is 6. The topological polar surface area (TPSA) is 64.0 Å². The maximum absolute atomic E-state index is 12.9. The molecule has 1 aromatic heterocycles. The van der Waals surface area contributed by atoms with E-state index in [0.29, 0.717) is 12.1 Å². The van der Waals surface area contributed by atoms with Gasteiger partial charge in [0.05, 0.1) is 21.2 Å². The first kappa shape index (κ1) is 20.6. The molecule has 0 aliphatic rings. The van der Waals surface area contributed by atoms with Crippen LogP contribution in [0.1, 0.15) is 35.5 Å². The van der Waals surface area contributed by atoms with Crippen LogP contribution in [0.4, 0.5) is 19.0 Å². The number of halogens is 5. The number of nitrogens with one attached hydrogen (secondary N) is 1. The molecule has 0 fully saturated rings. The van der Waals surface area contributed by atoms with Gasteiger partial charge in [0.1, 0.15) is 17.2 Å². The van der Waals surface area contributed by atoms with Gasteiger partial charge in [-0.25, -0.2) is 4.68 Å². The van der Waals surface area contributed by atoms with E-state index in [4.69, 9.17) is 23.2 Å². The van der Waals surface area contributed by atoms with Gasteiger partial charge in [0, 0.05) is 17.7 Å². The predicted octanol–water partition coefficient (Wildman–Crippen LogP) is 4.76. The second kappa shape index (κ2) is 7.89. The zero-order valence-corrected chi connectivity index (χ0v) is 15.9. The molecule has 2 aromatic rings. The summed E-state index contributed by atoms with van der Waals surface area (Å²) in [6.45, 7) is 3.46. The lowest BCUT2D eigenvalue weighted by molar-refractivity contribution is -0.137. The summed E-state index contributed by atoms with van der Waals surface area (Å²) in [5.41, 5.74) is -0.653. The Bertz CT molecular complexity index is 846. The lowest BCUT2D eigenvalue weighted by atomic mass is 10.2. The standard InChI is InChI=1S/C15H13Cl2F3N3O2S/c1-3-21-14-9(6-26-25)12(7(2)24)22-23(14)13-10(16)4-8(5-11(13)17)15(18,19)20/h4-5,21H,3,6H2,1-2H3/q+1. The van der Waals surface area contributed by atoms with Gasteiger partial charge >= 0.3 is 17.8 Å². The van der Waals surface area contributed by atoms with Gasteiger partial charge in [-0.1, -0.05) is 23.2 Å². The molecule has 0 atom stereocenters. The fraction of sp³-hybridized carbons (Fsp3) is 0.333. The second-order valence-electron chi connectivity index (χ2n) is 5.22.